The highest BCUT2D eigenvalue weighted by molar-refractivity contribution is 7.15. The van der Waals surface area contributed by atoms with E-state index in [4.69, 9.17) is 0 Å². The lowest BCUT2D eigenvalue weighted by atomic mass is 10.0. The van der Waals surface area contributed by atoms with Gasteiger partial charge in [0, 0.05) is 24.8 Å². The number of benzene rings is 1. The summed E-state index contributed by atoms with van der Waals surface area (Å²) in [6.07, 6.45) is 4.51. The van der Waals surface area contributed by atoms with E-state index in [0.29, 0.717) is 44.0 Å². The van der Waals surface area contributed by atoms with Gasteiger partial charge in [-0.05, 0) is 82.4 Å². The van der Waals surface area contributed by atoms with Crippen LogP contribution in [-0.4, -0.2) is 69.3 Å². The van der Waals surface area contributed by atoms with Crippen molar-refractivity contribution in [3.8, 4) is 5.69 Å². The maximum absolute atomic E-state index is 13.0. The van der Waals surface area contributed by atoms with Crippen LogP contribution in [0.3, 0.4) is 0 Å². The van der Waals surface area contributed by atoms with Crippen molar-refractivity contribution in [3.05, 3.63) is 73.3 Å². The van der Waals surface area contributed by atoms with Gasteiger partial charge in [-0.3, -0.25) is 19.5 Å². The highest BCUT2D eigenvalue weighted by Crippen LogP contribution is 2.24. The smallest absolute Gasteiger partial charge is 0.281 e. The molecule has 0 saturated carbocycles. The van der Waals surface area contributed by atoms with Crippen molar-refractivity contribution in [2.45, 2.75) is 52.2 Å². The number of nitrogens with one attached hydrogen (secondary N) is 2. The SMILES string of the molecule is CC(=NNC(=O)c1ccc(C(=O)N2CCC(N3CCCC3)CC2)s1)c1c(C)[nH]n(-c2ccc(CF)cc2)c1=O. The van der Waals surface area contributed by atoms with Gasteiger partial charge in [-0.25, -0.2) is 14.5 Å². The molecular formula is C28H33FN6O3S. The van der Waals surface area contributed by atoms with Crippen LogP contribution in [0.5, 0.6) is 0 Å². The largest absolute Gasteiger partial charge is 0.338 e. The zero-order chi connectivity index (χ0) is 27.5. The number of carbonyl (C=O) groups is 2. The number of halogens is 1. The molecule has 2 aromatic heterocycles. The molecule has 39 heavy (non-hydrogen) atoms. The minimum absolute atomic E-state index is 0.0401. The van der Waals surface area contributed by atoms with Gasteiger partial charge in [0.15, 0.2) is 0 Å². The topological polar surface area (TPSA) is 103 Å². The quantitative estimate of drug-likeness (QED) is 0.343. The number of H-pyrrole nitrogens is 1. The Morgan fingerprint density at radius 2 is 1.72 bits per heavy atom. The number of aryl methyl sites for hydroxylation is 1. The average Bonchev–Trinajstić information content (AvgIpc) is 3.72. The van der Waals surface area contributed by atoms with Crippen molar-refractivity contribution < 1.29 is 14.0 Å². The van der Waals surface area contributed by atoms with Gasteiger partial charge in [-0.15, -0.1) is 11.3 Å². The summed E-state index contributed by atoms with van der Waals surface area (Å²) in [6.45, 7) is 6.61. The van der Waals surface area contributed by atoms with Crippen molar-refractivity contribution in [1.29, 1.82) is 0 Å². The number of aromatic amines is 1. The molecule has 0 radical (unpaired) electrons. The Balaban J connectivity index is 1.21. The maximum Gasteiger partial charge on any atom is 0.281 e. The van der Waals surface area contributed by atoms with Crippen LogP contribution in [0.4, 0.5) is 4.39 Å². The third-order valence-corrected chi connectivity index (χ3v) is 8.63. The fourth-order valence-electron chi connectivity index (χ4n) is 5.41. The molecule has 9 nitrogen and oxygen atoms in total. The van der Waals surface area contributed by atoms with Crippen LogP contribution >= 0.6 is 11.3 Å². The van der Waals surface area contributed by atoms with Gasteiger partial charge in [0.2, 0.25) is 0 Å². The number of hydrazone groups is 1. The average molecular weight is 553 g/mol. The first-order valence-electron chi connectivity index (χ1n) is 13.3. The zero-order valence-electron chi connectivity index (χ0n) is 22.2. The second-order valence-corrected chi connectivity index (χ2v) is 11.2. The number of aromatic nitrogens is 2. The van der Waals surface area contributed by atoms with Crippen LogP contribution in [0, 0.1) is 6.92 Å². The molecule has 0 aliphatic carbocycles. The molecule has 0 spiro atoms. The summed E-state index contributed by atoms with van der Waals surface area (Å²) >= 11 is 1.15. The van der Waals surface area contributed by atoms with Crippen LogP contribution < -0.4 is 11.0 Å². The second kappa shape index (κ2) is 11.7. The molecule has 2 aliphatic heterocycles. The van der Waals surface area contributed by atoms with Gasteiger partial charge >= 0.3 is 0 Å². The van der Waals surface area contributed by atoms with E-state index in [1.165, 1.54) is 30.6 Å². The van der Waals surface area contributed by atoms with E-state index in [0.717, 1.165) is 37.3 Å². The third-order valence-electron chi connectivity index (χ3n) is 7.56. The molecule has 2 aliphatic rings. The molecule has 5 rings (SSSR count). The molecule has 4 heterocycles. The highest BCUT2D eigenvalue weighted by atomic mass is 32.1. The summed E-state index contributed by atoms with van der Waals surface area (Å²) in [4.78, 5) is 44.2. The number of nitrogens with zero attached hydrogens (tertiary/aromatic N) is 4. The molecule has 1 aromatic carbocycles. The van der Waals surface area contributed by atoms with Crippen LogP contribution in [-0.2, 0) is 6.67 Å². The lowest BCUT2D eigenvalue weighted by molar-refractivity contribution is 0.0649. The van der Waals surface area contributed by atoms with Crippen LogP contribution in [0.2, 0.25) is 0 Å². The van der Waals surface area contributed by atoms with Gasteiger partial charge in [0.25, 0.3) is 17.4 Å². The maximum atomic E-state index is 13.0. The summed E-state index contributed by atoms with van der Waals surface area (Å²) in [5, 5.41) is 7.16. The first-order chi connectivity index (χ1) is 18.9. The fraction of sp³-hybridized carbons (Fsp3) is 0.429. The molecule has 2 N–H and O–H groups in total. The number of hydrogen-bond acceptors (Lipinski definition) is 6. The van der Waals surface area contributed by atoms with Gasteiger partial charge in [-0.1, -0.05) is 12.1 Å². The number of hydrogen-bond donors (Lipinski definition) is 2. The highest BCUT2D eigenvalue weighted by Gasteiger charge is 2.29. The van der Waals surface area contributed by atoms with E-state index >= 15 is 0 Å². The molecule has 3 aromatic rings. The van der Waals surface area contributed by atoms with E-state index in [9.17, 15) is 18.8 Å². The first-order valence-corrected chi connectivity index (χ1v) is 14.1. The number of carbonyl (C=O) groups excluding carboxylic acids is 2. The minimum atomic E-state index is -0.576. The predicted octanol–water partition coefficient (Wildman–Crippen LogP) is 3.86. The van der Waals surface area contributed by atoms with Crippen molar-refractivity contribution >= 4 is 28.9 Å². The minimum Gasteiger partial charge on any atom is -0.338 e. The molecule has 206 valence electrons. The van der Waals surface area contributed by atoms with E-state index in [1.807, 2.05) is 4.90 Å². The van der Waals surface area contributed by atoms with E-state index in [1.54, 1.807) is 50.2 Å². The van der Waals surface area contributed by atoms with E-state index < -0.39 is 12.6 Å². The number of alkyl halides is 1. The first kappa shape index (κ1) is 27.0. The normalized spacial score (nSPS) is 17.1. The van der Waals surface area contributed by atoms with Crippen molar-refractivity contribution in [1.82, 2.24) is 25.0 Å². The van der Waals surface area contributed by atoms with Crippen molar-refractivity contribution in [2.75, 3.05) is 26.2 Å². The van der Waals surface area contributed by atoms with Crippen molar-refractivity contribution in [3.63, 3.8) is 0 Å². The fourth-order valence-corrected chi connectivity index (χ4v) is 6.27. The van der Waals surface area contributed by atoms with Gasteiger partial charge < -0.3 is 9.80 Å². The Labute approximate surface area is 230 Å². The second-order valence-electron chi connectivity index (χ2n) is 10.1. The zero-order valence-corrected chi connectivity index (χ0v) is 23.0. The number of thiophene rings is 1. The van der Waals surface area contributed by atoms with Gasteiger partial charge in [-0.2, -0.15) is 5.10 Å². The van der Waals surface area contributed by atoms with E-state index in [2.05, 4.69) is 20.5 Å². The molecule has 11 heteroatoms. The summed E-state index contributed by atoms with van der Waals surface area (Å²) in [5.74, 6) is -0.483. The number of likely N-dealkylation sites (tertiary alicyclic amines) is 2. The standard InChI is InChI=1S/C28H33FN6O3S/c1-18(25-19(2)32-35(28(25)38)22-7-5-20(17-29)6-8-22)30-31-26(36)23-9-10-24(39-23)27(37)34-15-11-21(12-16-34)33-13-3-4-14-33/h5-10,21,32H,3-4,11-17H2,1-2H3,(H,31,36). The van der Waals surface area contributed by atoms with E-state index in [-0.39, 0.29) is 11.5 Å². The monoisotopic (exact) mass is 552 g/mol. The number of rotatable bonds is 7. The predicted molar refractivity (Wildman–Crippen MR) is 150 cm³/mol. The van der Waals surface area contributed by atoms with Crippen LogP contribution in [0.1, 0.15) is 68.8 Å². The third kappa shape index (κ3) is 5.74. The Kier molecular flexibility index (Phi) is 8.08. The van der Waals surface area contributed by atoms with Gasteiger partial charge in [0.05, 0.1) is 26.7 Å². The Morgan fingerprint density at radius 3 is 2.38 bits per heavy atom. The Bertz CT molecular complexity index is 1430. The molecule has 0 bridgehead atoms. The Morgan fingerprint density at radius 1 is 1.05 bits per heavy atom. The molecule has 2 saturated heterocycles. The molecular weight excluding hydrogens is 519 g/mol. The van der Waals surface area contributed by atoms with Gasteiger partial charge in [0.1, 0.15) is 6.67 Å². The molecule has 0 atom stereocenters. The molecule has 2 fully saturated rings. The Hall–Kier alpha value is -3.57. The summed E-state index contributed by atoms with van der Waals surface area (Å²) in [5.41, 5.74) is 4.54. The summed E-state index contributed by atoms with van der Waals surface area (Å²) < 4.78 is 14.2. The lowest BCUT2D eigenvalue weighted by Gasteiger charge is -2.36. The summed E-state index contributed by atoms with van der Waals surface area (Å²) in [6, 6.07) is 10.5. The van der Waals surface area contributed by atoms with Crippen LogP contribution in [0.25, 0.3) is 5.69 Å². The lowest BCUT2D eigenvalue weighted by Crippen LogP contribution is -2.45. The number of amides is 2. The molecule has 2 amide bonds. The summed E-state index contributed by atoms with van der Waals surface area (Å²) in [7, 11) is 0. The van der Waals surface area contributed by atoms with Crippen LogP contribution in [0.15, 0.2) is 46.3 Å². The molecule has 0 unspecified atom stereocenters. The number of piperidine rings is 1. The van der Waals surface area contributed by atoms with Crippen molar-refractivity contribution in [2.24, 2.45) is 5.10 Å².